The second-order valence-corrected chi connectivity index (χ2v) is 6.54. The van der Waals surface area contributed by atoms with Crippen molar-refractivity contribution >= 4 is 22.0 Å². The maximum atomic E-state index is 13.7. The van der Waals surface area contributed by atoms with E-state index >= 15 is 0 Å². The first-order valence-electron chi connectivity index (χ1n) is 6.48. The van der Waals surface area contributed by atoms with Crippen molar-refractivity contribution in [3.05, 3.63) is 33.8 Å². The Morgan fingerprint density at radius 2 is 1.91 bits per heavy atom. The van der Waals surface area contributed by atoms with Gasteiger partial charge in [0.2, 0.25) is 0 Å². The molecule has 8 heteroatoms. The number of hydrogen-bond acceptors (Lipinski definition) is 4. The fourth-order valence-corrected chi connectivity index (χ4v) is 1.90. The molecule has 0 aliphatic rings. The lowest BCUT2D eigenvalue weighted by molar-refractivity contribution is 0.0111. The average molecular weight is 382 g/mol. The van der Waals surface area contributed by atoms with Crippen LogP contribution in [0.25, 0.3) is 0 Å². The van der Waals surface area contributed by atoms with Gasteiger partial charge in [0.1, 0.15) is 29.4 Å². The standard InChI is InChI=1S/C14H18BrF2NO4/c1-14(2,3)22-13(21)18-6-11(19)12(20)7-4-10(17)8(15)5-9(7)16/h4-5,11-12,19-20H,6H2,1-3H3,(H,18,21). The smallest absolute Gasteiger partial charge is 0.407 e. The van der Waals surface area contributed by atoms with E-state index in [4.69, 9.17) is 4.74 Å². The number of alkyl carbamates (subject to hydrolysis) is 1. The summed E-state index contributed by atoms with van der Waals surface area (Å²) in [6.45, 7) is 4.61. The predicted molar refractivity (Wildman–Crippen MR) is 79.3 cm³/mol. The van der Waals surface area contributed by atoms with Crippen LogP contribution in [0.5, 0.6) is 0 Å². The lowest BCUT2D eigenvalue weighted by Crippen LogP contribution is -2.39. The van der Waals surface area contributed by atoms with E-state index in [9.17, 15) is 23.8 Å². The number of aliphatic hydroxyl groups excluding tert-OH is 2. The number of benzene rings is 1. The number of halogens is 3. The zero-order valence-electron chi connectivity index (χ0n) is 12.4. The normalized spacial score (nSPS) is 14.4. The molecule has 1 rings (SSSR count). The van der Waals surface area contributed by atoms with Crippen LogP contribution < -0.4 is 5.32 Å². The Hall–Kier alpha value is -1.25. The van der Waals surface area contributed by atoms with Crippen LogP contribution >= 0.6 is 15.9 Å². The van der Waals surface area contributed by atoms with Crippen LogP contribution in [-0.2, 0) is 4.74 Å². The summed E-state index contributed by atoms with van der Waals surface area (Å²) in [5.74, 6) is -1.65. The van der Waals surface area contributed by atoms with Crippen molar-refractivity contribution < 1.29 is 28.5 Å². The van der Waals surface area contributed by atoms with Gasteiger partial charge in [-0.15, -0.1) is 0 Å². The molecule has 0 saturated carbocycles. The highest BCUT2D eigenvalue weighted by Crippen LogP contribution is 2.26. The average Bonchev–Trinajstić information content (AvgIpc) is 2.37. The summed E-state index contributed by atoms with van der Waals surface area (Å²) in [6, 6.07) is 1.63. The molecule has 124 valence electrons. The van der Waals surface area contributed by atoms with Crippen LogP contribution in [0.3, 0.4) is 0 Å². The Labute approximate surface area is 135 Å². The van der Waals surface area contributed by atoms with E-state index in [-0.39, 0.29) is 11.0 Å². The molecule has 0 saturated heterocycles. The quantitative estimate of drug-likeness (QED) is 0.700. The minimum Gasteiger partial charge on any atom is -0.444 e. The van der Waals surface area contributed by atoms with Crippen molar-refractivity contribution in [1.82, 2.24) is 5.32 Å². The van der Waals surface area contributed by atoms with Crippen molar-refractivity contribution in [1.29, 1.82) is 0 Å². The largest absolute Gasteiger partial charge is 0.444 e. The van der Waals surface area contributed by atoms with Gasteiger partial charge in [0.15, 0.2) is 0 Å². The number of carbonyl (C=O) groups excluding carboxylic acids is 1. The molecule has 5 nitrogen and oxygen atoms in total. The number of aliphatic hydroxyl groups is 2. The zero-order chi connectivity index (χ0) is 17.1. The van der Waals surface area contributed by atoms with Gasteiger partial charge in [-0.25, -0.2) is 13.6 Å². The third-order valence-electron chi connectivity index (χ3n) is 2.58. The number of carbonyl (C=O) groups is 1. The minimum atomic E-state index is -1.70. The molecule has 0 aliphatic carbocycles. The monoisotopic (exact) mass is 381 g/mol. The molecule has 0 aromatic heterocycles. The SMILES string of the molecule is CC(C)(C)OC(=O)NCC(O)C(O)c1cc(F)c(Br)cc1F. The maximum Gasteiger partial charge on any atom is 0.407 e. The molecular formula is C14H18BrF2NO4. The Morgan fingerprint density at radius 3 is 2.45 bits per heavy atom. The van der Waals surface area contributed by atoms with Crippen LogP contribution in [0.2, 0.25) is 0 Å². The topological polar surface area (TPSA) is 78.8 Å². The zero-order valence-corrected chi connectivity index (χ0v) is 13.9. The molecule has 0 heterocycles. The molecule has 22 heavy (non-hydrogen) atoms. The van der Waals surface area contributed by atoms with Gasteiger partial charge >= 0.3 is 6.09 Å². The molecule has 0 fully saturated rings. The molecule has 1 aromatic rings. The van der Waals surface area contributed by atoms with Crippen LogP contribution in [0.1, 0.15) is 32.4 Å². The van der Waals surface area contributed by atoms with E-state index in [0.717, 1.165) is 12.1 Å². The summed E-state index contributed by atoms with van der Waals surface area (Å²) in [5.41, 5.74) is -1.12. The Balaban J connectivity index is 2.68. The number of ether oxygens (including phenoxy) is 1. The Morgan fingerprint density at radius 1 is 1.32 bits per heavy atom. The molecule has 1 amide bonds. The summed E-state index contributed by atoms with van der Waals surface area (Å²) < 4.78 is 31.9. The minimum absolute atomic E-state index is 0.0951. The number of nitrogens with one attached hydrogen (secondary N) is 1. The number of amides is 1. The van der Waals surface area contributed by atoms with Crippen molar-refractivity contribution in [3.8, 4) is 0 Å². The highest BCUT2D eigenvalue weighted by molar-refractivity contribution is 9.10. The van der Waals surface area contributed by atoms with Gasteiger partial charge in [0.25, 0.3) is 0 Å². The predicted octanol–water partition coefficient (Wildman–Crippen LogP) is 2.65. The van der Waals surface area contributed by atoms with Gasteiger partial charge in [-0.1, -0.05) is 0 Å². The van der Waals surface area contributed by atoms with Crippen LogP contribution in [-0.4, -0.2) is 34.6 Å². The number of hydrogen-bond donors (Lipinski definition) is 3. The first-order chi connectivity index (χ1) is 10.0. The Bertz CT molecular complexity index is 548. The third kappa shape index (κ3) is 5.51. The summed E-state index contributed by atoms with van der Waals surface area (Å²) >= 11 is 2.81. The summed E-state index contributed by atoms with van der Waals surface area (Å²) in [7, 11) is 0. The van der Waals surface area contributed by atoms with E-state index in [0.29, 0.717) is 0 Å². The van der Waals surface area contributed by atoms with E-state index in [1.165, 1.54) is 0 Å². The second kappa shape index (κ2) is 7.34. The lowest BCUT2D eigenvalue weighted by Gasteiger charge is -2.22. The summed E-state index contributed by atoms with van der Waals surface area (Å²) in [5, 5.41) is 21.9. The highest BCUT2D eigenvalue weighted by Gasteiger charge is 2.24. The molecule has 0 radical (unpaired) electrons. The molecule has 3 N–H and O–H groups in total. The van der Waals surface area contributed by atoms with E-state index in [1.807, 2.05) is 0 Å². The van der Waals surface area contributed by atoms with Gasteiger partial charge in [0, 0.05) is 12.1 Å². The van der Waals surface area contributed by atoms with E-state index in [2.05, 4.69) is 21.2 Å². The van der Waals surface area contributed by atoms with Crippen molar-refractivity contribution in [2.45, 2.75) is 38.6 Å². The van der Waals surface area contributed by atoms with E-state index in [1.54, 1.807) is 20.8 Å². The molecule has 0 spiro atoms. The number of rotatable bonds is 4. The molecule has 0 aliphatic heterocycles. The Kier molecular flexibility index (Phi) is 6.27. The molecular weight excluding hydrogens is 364 g/mol. The van der Waals surface area contributed by atoms with Crippen LogP contribution in [0.15, 0.2) is 16.6 Å². The maximum absolute atomic E-state index is 13.7. The van der Waals surface area contributed by atoms with Gasteiger partial charge in [0.05, 0.1) is 4.47 Å². The highest BCUT2D eigenvalue weighted by atomic mass is 79.9. The summed E-state index contributed by atoms with van der Waals surface area (Å²) in [6.07, 6.45) is -4.01. The van der Waals surface area contributed by atoms with Gasteiger partial charge in [-0.05, 0) is 48.8 Å². The first-order valence-corrected chi connectivity index (χ1v) is 7.28. The van der Waals surface area contributed by atoms with Crippen molar-refractivity contribution in [2.75, 3.05) is 6.54 Å². The van der Waals surface area contributed by atoms with E-state index < -0.39 is 41.1 Å². The third-order valence-corrected chi connectivity index (χ3v) is 3.18. The fourth-order valence-electron chi connectivity index (χ4n) is 1.59. The molecule has 0 bridgehead atoms. The fraction of sp³-hybridized carbons (Fsp3) is 0.500. The van der Waals surface area contributed by atoms with Crippen molar-refractivity contribution in [3.63, 3.8) is 0 Å². The molecule has 2 unspecified atom stereocenters. The van der Waals surface area contributed by atoms with Gasteiger partial charge in [-0.3, -0.25) is 0 Å². The van der Waals surface area contributed by atoms with Gasteiger partial charge < -0.3 is 20.3 Å². The lowest BCUT2D eigenvalue weighted by atomic mass is 10.0. The van der Waals surface area contributed by atoms with Crippen molar-refractivity contribution in [2.24, 2.45) is 0 Å². The first kappa shape index (κ1) is 18.8. The van der Waals surface area contributed by atoms with Gasteiger partial charge in [-0.2, -0.15) is 0 Å². The summed E-state index contributed by atoms with van der Waals surface area (Å²) in [4.78, 5) is 11.4. The molecule has 2 atom stereocenters. The van der Waals surface area contributed by atoms with Crippen LogP contribution in [0.4, 0.5) is 13.6 Å². The second-order valence-electron chi connectivity index (χ2n) is 5.68. The molecule has 1 aromatic carbocycles. The van der Waals surface area contributed by atoms with Crippen LogP contribution in [0, 0.1) is 11.6 Å².